The average Bonchev–Trinajstić information content (AvgIpc) is 3.01. The Labute approximate surface area is 153 Å². The van der Waals surface area contributed by atoms with Crippen molar-refractivity contribution in [3.05, 3.63) is 46.1 Å². The van der Waals surface area contributed by atoms with Crippen molar-refractivity contribution in [1.82, 2.24) is 19.7 Å². The lowest BCUT2D eigenvalue weighted by atomic mass is 9.93. The normalized spacial score (nSPS) is 15.4. The van der Waals surface area contributed by atoms with Gasteiger partial charge in [0.25, 0.3) is 0 Å². The lowest BCUT2D eigenvalue weighted by Gasteiger charge is -2.31. The molecule has 7 heteroatoms. The van der Waals surface area contributed by atoms with E-state index in [2.05, 4.69) is 10.2 Å². The van der Waals surface area contributed by atoms with Gasteiger partial charge in [0.05, 0.1) is 5.69 Å². The molecule has 7 nitrogen and oxygen atoms in total. The van der Waals surface area contributed by atoms with Crippen LogP contribution >= 0.6 is 0 Å². The number of rotatable bonds is 6. The molecule has 0 spiro atoms. The van der Waals surface area contributed by atoms with Gasteiger partial charge in [-0.3, -0.25) is 4.79 Å². The lowest BCUT2D eigenvalue weighted by Crippen LogP contribution is -2.41. The molecule has 0 radical (unpaired) electrons. The van der Waals surface area contributed by atoms with Gasteiger partial charge < -0.3 is 9.64 Å². The quantitative estimate of drug-likeness (QED) is 0.852. The fourth-order valence-electron chi connectivity index (χ4n) is 3.45. The number of nitrogens with zero attached hydrogens (tertiary/aromatic N) is 3. The van der Waals surface area contributed by atoms with Gasteiger partial charge in [0.2, 0.25) is 5.91 Å². The van der Waals surface area contributed by atoms with Crippen LogP contribution in [0.2, 0.25) is 0 Å². The minimum absolute atomic E-state index is 0.0573. The van der Waals surface area contributed by atoms with Gasteiger partial charge in [-0.05, 0) is 44.2 Å². The number of piperidine rings is 1. The molecule has 0 bridgehead atoms. The first-order valence-electron chi connectivity index (χ1n) is 9.18. The molecule has 1 fully saturated rings. The van der Waals surface area contributed by atoms with E-state index in [0.29, 0.717) is 12.5 Å². The van der Waals surface area contributed by atoms with Crippen LogP contribution < -0.4 is 5.69 Å². The fourth-order valence-corrected chi connectivity index (χ4v) is 3.45. The van der Waals surface area contributed by atoms with Crippen LogP contribution in [0.4, 0.5) is 0 Å². The van der Waals surface area contributed by atoms with Crippen LogP contribution in [0.1, 0.15) is 31.2 Å². The molecule has 26 heavy (non-hydrogen) atoms. The number of carbonyl (C=O) groups is 1. The maximum atomic E-state index is 12.3. The maximum Gasteiger partial charge on any atom is 0.347 e. The van der Waals surface area contributed by atoms with Gasteiger partial charge in [-0.25, -0.2) is 14.5 Å². The van der Waals surface area contributed by atoms with E-state index in [1.54, 1.807) is 4.57 Å². The number of likely N-dealkylation sites (tertiary alicyclic amines) is 1. The number of hydrogen-bond acceptors (Lipinski definition) is 4. The highest BCUT2D eigenvalue weighted by Crippen LogP contribution is 2.22. The molecule has 0 unspecified atom stereocenters. The second kappa shape index (κ2) is 8.31. The van der Waals surface area contributed by atoms with E-state index in [9.17, 15) is 9.59 Å². The zero-order valence-corrected chi connectivity index (χ0v) is 15.4. The van der Waals surface area contributed by atoms with Crippen LogP contribution in [0.15, 0.2) is 29.1 Å². The molecule has 3 rings (SSSR count). The molecule has 1 aromatic carbocycles. The number of H-pyrrole nitrogens is 1. The van der Waals surface area contributed by atoms with Gasteiger partial charge in [0.1, 0.15) is 12.4 Å². The molecular weight excluding hydrogens is 332 g/mol. The summed E-state index contributed by atoms with van der Waals surface area (Å²) in [6, 6.07) is 7.80. The summed E-state index contributed by atoms with van der Waals surface area (Å²) in [5.74, 6) is 1.22. The molecule has 0 aliphatic carbocycles. The van der Waals surface area contributed by atoms with Crippen molar-refractivity contribution >= 4 is 5.91 Å². The topological polar surface area (TPSA) is 80.2 Å². The molecular formula is C19H26N4O3. The Kier molecular flexibility index (Phi) is 5.88. The molecule has 1 aromatic heterocycles. The fraction of sp³-hybridized carbons (Fsp3) is 0.526. The molecule has 2 aromatic rings. The maximum absolute atomic E-state index is 12.3. The van der Waals surface area contributed by atoms with Gasteiger partial charge in [-0.15, -0.1) is 0 Å². The number of carbonyl (C=O) groups excluding carboxylic acids is 1. The predicted octanol–water partition coefficient (Wildman–Crippen LogP) is 1.69. The van der Waals surface area contributed by atoms with Gasteiger partial charge in [0.15, 0.2) is 0 Å². The van der Waals surface area contributed by atoms with Crippen molar-refractivity contribution in [1.29, 1.82) is 0 Å². The minimum Gasteiger partial charge on any atom is -0.372 e. The number of para-hydroxylation sites is 1. The third-order valence-electron chi connectivity index (χ3n) is 4.97. The van der Waals surface area contributed by atoms with E-state index in [1.807, 2.05) is 43.0 Å². The van der Waals surface area contributed by atoms with Crippen LogP contribution in [0.3, 0.4) is 0 Å². The summed E-state index contributed by atoms with van der Waals surface area (Å²) in [4.78, 5) is 26.2. The second-order valence-corrected chi connectivity index (χ2v) is 6.73. The summed E-state index contributed by atoms with van der Waals surface area (Å²) in [5.41, 5.74) is 1.69. The van der Waals surface area contributed by atoms with Gasteiger partial charge >= 0.3 is 5.69 Å². The second-order valence-electron chi connectivity index (χ2n) is 6.73. The summed E-state index contributed by atoms with van der Waals surface area (Å²) in [5, 5.41) is 6.83. The van der Waals surface area contributed by atoms with Crippen LogP contribution in [0.5, 0.6) is 0 Å². The van der Waals surface area contributed by atoms with Crippen LogP contribution in [-0.2, 0) is 16.0 Å². The number of aromatic nitrogens is 3. The highest BCUT2D eigenvalue weighted by atomic mass is 16.5. The Hall–Kier alpha value is -2.41. The van der Waals surface area contributed by atoms with Crippen molar-refractivity contribution < 1.29 is 9.53 Å². The smallest absolute Gasteiger partial charge is 0.347 e. The van der Waals surface area contributed by atoms with E-state index in [-0.39, 0.29) is 18.2 Å². The molecule has 140 valence electrons. The monoisotopic (exact) mass is 358 g/mol. The zero-order valence-electron chi connectivity index (χ0n) is 15.4. The lowest BCUT2D eigenvalue weighted by molar-refractivity contribution is -0.137. The zero-order chi connectivity index (χ0) is 18.5. The average molecular weight is 358 g/mol. The number of hydrogen-bond donors (Lipinski definition) is 1. The van der Waals surface area contributed by atoms with Crippen molar-refractivity contribution in [2.24, 2.45) is 5.92 Å². The molecule has 1 aliphatic rings. The molecule has 2 heterocycles. The third kappa shape index (κ3) is 4.04. The number of aromatic amines is 1. The standard InChI is InChI=1S/C19H26N4O3/c1-3-26-13-18(24)22-10-8-15(9-11-22)12-17-20-21-19(25)23(17)16-7-5-4-6-14(16)2/h4-7,15H,3,8-13H2,1-2H3,(H,21,25). The molecule has 0 atom stereocenters. The molecule has 1 N–H and O–H groups in total. The number of amides is 1. The van der Waals surface area contributed by atoms with Crippen LogP contribution in [0, 0.1) is 12.8 Å². The summed E-state index contributed by atoms with van der Waals surface area (Å²) in [7, 11) is 0. The Morgan fingerprint density at radius 1 is 1.31 bits per heavy atom. The molecule has 1 aliphatic heterocycles. The number of aryl methyl sites for hydroxylation is 1. The Morgan fingerprint density at radius 2 is 2.04 bits per heavy atom. The highest BCUT2D eigenvalue weighted by molar-refractivity contribution is 5.77. The van der Waals surface area contributed by atoms with Crippen LogP contribution in [-0.4, -0.2) is 51.9 Å². The largest absolute Gasteiger partial charge is 0.372 e. The Bertz CT molecular complexity index is 803. The van der Waals surface area contributed by atoms with Crippen molar-refractivity contribution in [2.75, 3.05) is 26.3 Å². The summed E-state index contributed by atoms with van der Waals surface area (Å²) in [6.07, 6.45) is 2.54. The number of nitrogens with one attached hydrogen (secondary N) is 1. The Morgan fingerprint density at radius 3 is 2.73 bits per heavy atom. The Balaban J connectivity index is 1.66. The van der Waals surface area contributed by atoms with Crippen LogP contribution in [0.25, 0.3) is 5.69 Å². The van der Waals surface area contributed by atoms with Gasteiger partial charge in [0, 0.05) is 26.1 Å². The first kappa shape index (κ1) is 18.4. The predicted molar refractivity (Wildman–Crippen MR) is 98.4 cm³/mol. The number of ether oxygens (including phenoxy) is 1. The summed E-state index contributed by atoms with van der Waals surface area (Å²) in [6.45, 7) is 6.05. The molecule has 0 saturated carbocycles. The summed E-state index contributed by atoms with van der Waals surface area (Å²) >= 11 is 0. The van der Waals surface area contributed by atoms with E-state index in [0.717, 1.165) is 49.4 Å². The van der Waals surface area contributed by atoms with Gasteiger partial charge in [-0.2, -0.15) is 5.10 Å². The van der Waals surface area contributed by atoms with E-state index < -0.39 is 0 Å². The minimum atomic E-state index is -0.210. The van der Waals surface area contributed by atoms with E-state index in [4.69, 9.17) is 4.74 Å². The van der Waals surface area contributed by atoms with Crippen molar-refractivity contribution in [2.45, 2.75) is 33.1 Å². The third-order valence-corrected chi connectivity index (χ3v) is 4.97. The molecule has 1 amide bonds. The molecule has 1 saturated heterocycles. The van der Waals surface area contributed by atoms with E-state index in [1.165, 1.54) is 0 Å². The number of benzene rings is 1. The van der Waals surface area contributed by atoms with Crippen molar-refractivity contribution in [3.63, 3.8) is 0 Å². The first-order valence-corrected chi connectivity index (χ1v) is 9.18. The van der Waals surface area contributed by atoms with E-state index >= 15 is 0 Å². The van der Waals surface area contributed by atoms with Crippen molar-refractivity contribution in [3.8, 4) is 5.69 Å². The van der Waals surface area contributed by atoms with Gasteiger partial charge in [-0.1, -0.05) is 18.2 Å². The SMILES string of the molecule is CCOCC(=O)N1CCC(Cc2n[nH]c(=O)n2-c2ccccc2C)CC1. The highest BCUT2D eigenvalue weighted by Gasteiger charge is 2.25. The first-order chi connectivity index (χ1) is 12.6. The summed E-state index contributed by atoms with van der Waals surface area (Å²) < 4.78 is 6.87.